The van der Waals surface area contributed by atoms with Crippen molar-refractivity contribution in [3.05, 3.63) is 29.8 Å². The lowest BCUT2D eigenvalue weighted by atomic mass is 9.74. The van der Waals surface area contributed by atoms with Gasteiger partial charge in [0.15, 0.2) is 0 Å². The fourth-order valence-electron chi connectivity index (χ4n) is 3.07. The minimum absolute atomic E-state index is 0.0520. The van der Waals surface area contributed by atoms with Crippen LogP contribution in [-0.4, -0.2) is 18.3 Å². The maximum atomic E-state index is 6.14. The molecule has 2 fully saturated rings. The van der Waals surface area contributed by atoms with Crippen LogP contribution in [0.25, 0.3) is 0 Å². The largest absolute Gasteiger partial charge is 0.490 e. The number of hydrogen-bond acceptors (Lipinski definition) is 3. The first-order valence-corrected chi connectivity index (χ1v) is 7.33. The van der Waals surface area contributed by atoms with Gasteiger partial charge in [-0.25, -0.2) is 0 Å². The molecule has 19 heavy (non-hydrogen) atoms. The molecule has 1 aliphatic heterocycles. The minimum Gasteiger partial charge on any atom is -0.490 e. The molecule has 1 aromatic rings. The van der Waals surface area contributed by atoms with Gasteiger partial charge in [0.2, 0.25) is 0 Å². The molecule has 1 aliphatic carbocycles. The topological polar surface area (TPSA) is 44.5 Å². The molecule has 1 saturated heterocycles. The highest BCUT2D eigenvalue weighted by molar-refractivity contribution is 5.30. The lowest BCUT2D eigenvalue weighted by Gasteiger charge is -2.46. The van der Waals surface area contributed by atoms with Gasteiger partial charge in [-0.2, -0.15) is 0 Å². The third-order valence-electron chi connectivity index (χ3n) is 4.40. The van der Waals surface area contributed by atoms with Gasteiger partial charge in [-0.15, -0.1) is 0 Å². The zero-order valence-corrected chi connectivity index (χ0v) is 11.6. The first kappa shape index (κ1) is 12.9. The predicted molar refractivity (Wildman–Crippen MR) is 75.2 cm³/mol. The van der Waals surface area contributed by atoms with Crippen LogP contribution in [0.2, 0.25) is 0 Å². The third-order valence-corrected chi connectivity index (χ3v) is 4.40. The Balaban J connectivity index is 1.65. The van der Waals surface area contributed by atoms with Gasteiger partial charge in [0.1, 0.15) is 11.9 Å². The summed E-state index contributed by atoms with van der Waals surface area (Å²) in [6.07, 6.45) is 6.02. The second-order valence-corrected chi connectivity index (χ2v) is 5.98. The van der Waals surface area contributed by atoms with Crippen LogP contribution in [0.4, 0.5) is 0 Å². The molecule has 2 atom stereocenters. The molecular weight excluding hydrogens is 238 g/mol. The van der Waals surface area contributed by atoms with Gasteiger partial charge in [-0.3, -0.25) is 0 Å². The Morgan fingerprint density at radius 2 is 2.26 bits per heavy atom. The zero-order chi connectivity index (χ0) is 13.3. The van der Waals surface area contributed by atoms with Crippen LogP contribution in [0.3, 0.4) is 0 Å². The van der Waals surface area contributed by atoms with Gasteiger partial charge < -0.3 is 15.2 Å². The van der Waals surface area contributed by atoms with E-state index in [1.54, 1.807) is 0 Å². The Morgan fingerprint density at radius 1 is 1.42 bits per heavy atom. The van der Waals surface area contributed by atoms with Crippen molar-refractivity contribution in [1.82, 2.24) is 0 Å². The van der Waals surface area contributed by atoms with Gasteiger partial charge in [-0.05, 0) is 43.9 Å². The number of ether oxygens (including phenoxy) is 2. The first-order chi connectivity index (χ1) is 9.17. The van der Waals surface area contributed by atoms with E-state index in [-0.39, 0.29) is 17.7 Å². The molecule has 104 valence electrons. The van der Waals surface area contributed by atoms with E-state index in [0.29, 0.717) is 0 Å². The number of rotatable bonds is 3. The molecule has 3 heteroatoms. The predicted octanol–water partition coefficient (Wildman–Crippen LogP) is 3.19. The van der Waals surface area contributed by atoms with Crippen molar-refractivity contribution >= 4 is 0 Å². The average Bonchev–Trinajstić information content (AvgIpc) is 2.37. The summed E-state index contributed by atoms with van der Waals surface area (Å²) in [5.74, 6) is 0.941. The van der Waals surface area contributed by atoms with Gasteiger partial charge in [0, 0.05) is 18.9 Å². The van der Waals surface area contributed by atoms with Crippen LogP contribution in [0, 0.1) is 0 Å². The summed E-state index contributed by atoms with van der Waals surface area (Å²) in [4.78, 5) is 0. The van der Waals surface area contributed by atoms with Crippen LogP contribution < -0.4 is 10.5 Å². The molecule has 1 unspecified atom stereocenters. The zero-order valence-electron chi connectivity index (χ0n) is 11.6. The van der Waals surface area contributed by atoms with Crippen molar-refractivity contribution < 1.29 is 9.47 Å². The summed E-state index contributed by atoms with van der Waals surface area (Å²) in [6.45, 7) is 2.83. The monoisotopic (exact) mass is 261 g/mol. The first-order valence-electron chi connectivity index (χ1n) is 7.33. The number of benzene rings is 1. The second-order valence-electron chi connectivity index (χ2n) is 5.98. The van der Waals surface area contributed by atoms with Crippen molar-refractivity contribution in [1.29, 1.82) is 0 Å². The lowest BCUT2D eigenvalue weighted by molar-refractivity contribution is -0.153. The highest BCUT2D eigenvalue weighted by Crippen LogP contribution is 2.43. The molecule has 0 aromatic heterocycles. The van der Waals surface area contributed by atoms with Gasteiger partial charge in [-0.1, -0.05) is 12.1 Å². The van der Waals surface area contributed by atoms with Crippen molar-refractivity contribution in [3.63, 3.8) is 0 Å². The molecule has 1 spiro atoms. The molecule has 3 rings (SSSR count). The van der Waals surface area contributed by atoms with Crippen molar-refractivity contribution in [2.75, 3.05) is 6.61 Å². The fraction of sp³-hybridized carbons (Fsp3) is 0.625. The summed E-state index contributed by atoms with van der Waals surface area (Å²) in [6, 6.07) is 8.21. The van der Waals surface area contributed by atoms with Gasteiger partial charge in [0.05, 0.1) is 12.2 Å². The Bertz CT molecular complexity index is 440. The van der Waals surface area contributed by atoms with E-state index < -0.39 is 0 Å². The Kier molecular flexibility index (Phi) is 3.50. The van der Waals surface area contributed by atoms with E-state index >= 15 is 0 Å². The molecule has 0 amide bonds. The Hall–Kier alpha value is -1.06. The van der Waals surface area contributed by atoms with Crippen LogP contribution >= 0.6 is 0 Å². The fourth-order valence-corrected chi connectivity index (χ4v) is 3.07. The summed E-state index contributed by atoms with van der Waals surface area (Å²) in [5.41, 5.74) is 7.18. The van der Waals surface area contributed by atoms with Crippen LogP contribution in [0.15, 0.2) is 24.3 Å². The highest BCUT2D eigenvalue weighted by Gasteiger charge is 2.43. The van der Waals surface area contributed by atoms with E-state index in [0.717, 1.165) is 30.8 Å². The molecule has 1 aromatic carbocycles. The van der Waals surface area contributed by atoms with E-state index in [1.165, 1.54) is 19.3 Å². The Labute approximate surface area is 115 Å². The molecule has 1 heterocycles. The quantitative estimate of drug-likeness (QED) is 0.908. The van der Waals surface area contributed by atoms with E-state index in [1.807, 2.05) is 19.1 Å². The van der Waals surface area contributed by atoms with Crippen LogP contribution in [0.1, 0.15) is 50.6 Å². The van der Waals surface area contributed by atoms with Crippen LogP contribution in [0.5, 0.6) is 5.75 Å². The summed E-state index contributed by atoms with van der Waals surface area (Å²) in [7, 11) is 0. The van der Waals surface area contributed by atoms with Crippen LogP contribution in [-0.2, 0) is 4.74 Å². The smallest absolute Gasteiger partial charge is 0.120 e. The maximum Gasteiger partial charge on any atom is 0.120 e. The third kappa shape index (κ3) is 2.77. The van der Waals surface area contributed by atoms with Crippen molar-refractivity contribution in [2.45, 2.75) is 56.8 Å². The summed E-state index contributed by atoms with van der Waals surface area (Å²) < 4.78 is 12.1. The normalized spacial score (nSPS) is 26.7. The van der Waals surface area contributed by atoms with E-state index in [9.17, 15) is 0 Å². The van der Waals surface area contributed by atoms with Gasteiger partial charge in [0.25, 0.3) is 0 Å². The Morgan fingerprint density at radius 3 is 2.95 bits per heavy atom. The SMILES string of the molecule is C[C@@H](N)c1cccc(OC2CCOC3(CCC3)C2)c1. The molecule has 2 aliphatic rings. The molecule has 2 N–H and O–H groups in total. The average molecular weight is 261 g/mol. The summed E-state index contributed by atoms with van der Waals surface area (Å²) >= 11 is 0. The second kappa shape index (κ2) is 5.14. The number of nitrogens with two attached hydrogens (primary N) is 1. The lowest BCUT2D eigenvalue weighted by Crippen LogP contribution is -2.48. The maximum absolute atomic E-state index is 6.14. The van der Waals surface area contributed by atoms with E-state index in [4.69, 9.17) is 15.2 Å². The van der Waals surface area contributed by atoms with Crippen molar-refractivity contribution in [3.8, 4) is 5.75 Å². The highest BCUT2D eigenvalue weighted by atomic mass is 16.5. The molecular formula is C16H23NO2. The van der Waals surface area contributed by atoms with Crippen molar-refractivity contribution in [2.24, 2.45) is 5.73 Å². The molecule has 1 saturated carbocycles. The molecule has 0 radical (unpaired) electrons. The molecule has 0 bridgehead atoms. The minimum atomic E-state index is 0.0520. The molecule has 3 nitrogen and oxygen atoms in total. The van der Waals surface area contributed by atoms with Gasteiger partial charge >= 0.3 is 0 Å². The summed E-state index contributed by atoms with van der Waals surface area (Å²) in [5, 5.41) is 0. The number of hydrogen-bond donors (Lipinski definition) is 1. The standard InChI is InChI=1S/C16H23NO2/c1-12(17)13-4-2-5-14(10-13)19-15-6-9-18-16(11-15)7-3-8-16/h2,4-5,10,12,15H,3,6-9,11,17H2,1H3/t12-,15?/m1/s1. The van der Waals surface area contributed by atoms with E-state index in [2.05, 4.69) is 12.1 Å².